The average molecular weight is 426 g/mol. The minimum Gasteiger partial charge on any atom is -0.795 e. The van der Waals surface area contributed by atoms with E-state index < -0.39 is 19.3 Å². The van der Waals surface area contributed by atoms with Crippen LogP contribution in [0.2, 0.25) is 0 Å². The average Bonchev–Trinajstić information content (AvgIpc) is 3.17. The summed E-state index contributed by atoms with van der Waals surface area (Å²) in [5.41, 5.74) is -0.144. The number of hydrogen-bond acceptors (Lipinski definition) is 7. The monoisotopic (exact) mass is 426 g/mol. The molecule has 0 atom stereocenters. The van der Waals surface area contributed by atoms with Crippen molar-refractivity contribution in [3.63, 3.8) is 0 Å². The fourth-order valence-corrected chi connectivity index (χ4v) is 3.84. The molecule has 0 fully saturated rings. The summed E-state index contributed by atoms with van der Waals surface area (Å²) in [7, 11) is -5.23. The number of aromatic nitrogens is 2. The molecule has 0 aliphatic rings. The first-order valence-electron chi connectivity index (χ1n) is 7.09. The number of carbonyl (C=O) groups excluding carboxylic acids is 2. The maximum atomic E-state index is 13.5. The summed E-state index contributed by atoms with van der Waals surface area (Å²) >= 11 is 0.916. The maximum absolute atomic E-state index is 13.5. The molecule has 7 nitrogen and oxygen atoms in total. The van der Waals surface area contributed by atoms with Crippen LogP contribution in [0.4, 0.5) is 4.39 Å². The van der Waals surface area contributed by atoms with E-state index in [-0.39, 0.29) is 98.5 Å². The summed E-state index contributed by atoms with van der Waals surface area (Å²) in [5.74, 6) is -1.62. The SMILES string of the molecule is CCC(=O)c1csc(C(=O)c2cn(P(=O)([O-])[O-])c3ccc(F)cc23)n1.[Na+].[Na+]. The molecule has 2 aromatic heterocycles. The van der Waals surface area contributed by atoms with E-state index in [9.17, 15) is 28.3 Å². The van der Waals surface area contributed by atoms with Gasteiger partial charge < -0.3 is 18.7 Å². The molecule has 0 bridgehead atoms. The van der Waals surface area contributed by atoms with Crippen molar-refractivity contribution in [3.8, 4) is 0 Å². The number of nitrogens with zero attached hydrogens (tertiary/aromatic N) is 2. The van der Waals surface area contributed by atoms with Gasteiger partial charge in [-0.15, -0.1) is 11.3 Å². The fourth-order valence-electron chi connectivity index (χ4n) is 2.37. The van der Waals surface area contributed by atoms with Crippen LogP contribution in [-0.4, -0.2) is 20.9 Å². The van der Waals surface area contributed by atoms with Crippen molar-refractivity contribution in [2.24, 2.45) is 0 Å². The number of rotatable bonds is 5. The van der Waals surface area contributed by atoms with Crippen molar-refractivity contribution in [1.82, 2.24) is 9.32 Å². The van der Waals surface area contributed by atoms with E-state index in [0.29, 0.717) is 4.34 Å². The van der Waals surface area contributed by atoms with Gasteiger partial charge in [0.2, 0.25) is 5.78 Å². The third-order valence-corrected chi connectivity index (χ3v) is 5.26. The number of ketones is 2. The molecule has 0 saturated carbocycles. The van der Waals surface area contributed by atoms with Crippen molar-refractivity contribution in [1.29, 1.82) is 0 Å². The minimum atomic E-state index is -5.23. The summed E-state index contributed by atoms with van der Waals surface area (Å²) in [6.07, 6.45) is 1.08. The first-order chi connectivity index (χ1) is 11.7. The number of thiazole rings is 1. The predicted octanol–water partition coefficient (Wildman–Crippen LogP) is -4.25. The number of Topliss-reactive ketones (excluding diaryl/α,β-unsaturated/α-hetero) is 1. The van der Waals surface area contributed by atoms with Crippen LogP contribution < -0.4 is 68.9 Å². The summed E-state index contributed by atoms with van der Waals surface area (Å²) in [5, 5.41) is 1.35. The van der Waals surface area contributed by atoms with Gasteiger partial charge in [0.1, 0.15) is 11.5 Å². The van der Waals surface area contributed by atoms with Crippen molar-refractivity contribution in [3.05, 3.63) is 51.9 Å². The van der Waals surface area contributed by atoms with E-state index in [1.165, 1.54) is 5.38 Å². The molecule has 0 unspecified atom stereocenters. The van der Waals surface area contributed by atoms with Crippen LogP contribution in [0.3, 0.4) is 0 Å². The Balaban J connectivity index is 0.00000182. The Bertz CT molecular complexity index is 1060. The van der Waals surface area contributed by atoms with E-state index >= 15 is 0 Å². The topological polar surface area (TPSA) is 115 Å². The molecular weight excluding hydrogens is 416 g/mol. The quantitative estimate of drug-likeness (QED) is 0.232. The van der Waals surface area contributed by atoms with Gasteiger partial charge in [-0.1, -0.05) is 6.92 Å². The van der Waals surface area contributed by atoms with Crippen LogP contribution >= 0.6 is 19.1 Å². The molecule has 27 heavy (non-hydrogen) atoms. The Hall–Kier alpha value is -0.190. The summed E-state index contributed by atoms with van der Waals surface area (Å²) in [6.45, 7) is 1.65. The first kappa shape index (κ1) is 24.8. The third kappa shape index (κ3) is 5.05. The van der Waals surface area contributed by atoms with Crippen molar-refractivity contribution >= 4 is 41.6 Å². The van der Waals surface area contributed by atoms with E-state index in [2.05, 4.69) is 4.98 Å². The number of halogens is 1. The van der Waals surface area contributed by atoms with Gasteiger partial charge in [-0.05, 0) is 18.2 Å². The second kappa shape index (κ2) is 9.54. The van der Waals surface area contributed by atoms with Crippen molar-refractivity contribution in [2.75, 3.05) is 0 Å². The smallest absolute Gasteiger partial charge is 0.795 e. The Kier molecular flexibility index (Phi) is 8.78. The largest absolute Gasteiger partial charge is 1.00 e. The van der Waals surface area contributed by atoms with Gasteiger partial charge in [0, 0.05) is 31.1 Å². The molecular formula is C15H10FN2Na2O5PS. The Morgan fingerprint density at radius 1 is 1.30 bits per heavy atom. The molecule has 0 aliphatic heterocycles. The minimum absolute atomic E-state index is 0. The van der Waals surface area contributed by atoms with Crippen LogP contribution in [0, 0.1) is 5.82 Å². The zero-order chi connectivity index (χ0) is 18.4. The molecule has 3 aromatic rings. The molecule has 0 radical (unpaired) electrons. The van der Waals surface area contributed by atoms with Crippen LogP contribution in [0.1, 0.15) is 39.2 Å². The summed E-state index contributed by atoms with van der Waals surface area (Å²) in [6, 6.07) is 3.07. The van der Waals surface area contributed by atoms with Crippen LogP contribution in [0.5, 0.6) is 0 Å². The second-order valence-electron chi connectivity index (χ2n) is 5.16. The summed E-state index contributed by atoms with van der Waals surface area (Å²) < 4.78 is 25.4. The van der Waals surface area contributed by atoms with Gasteiger partial charge in [0.25, 0.3) is 0 Å². The molecule has 0 amide bonds. The van der Waals surface area contributed by atoms with Crippen LogP contribution in [0.15, 0.2) is 29.8 Å². The molecule has 0 saturated heterocycles. The van der Waals surface area contributed by atoms with Crippen LogP contribution in [0.25, 0.3) is 10.9 Å². The maximum Gasteiger partial charge on any atom is 1.00 e. The number of carbonyl (C=O) groups is 2. The van der Waals surface area contributed by atoms with Gasteiger partial charge >= 0.3 is 59.1 Å². The van der Waals surface area contributed by atoms with Gasteiger partial charge in [-0.2, -0.15) is 0 Å². The Morgan fingerprint density at radius 2 is 1.96 bits per heavy atom. The fraction of sp³-hybridized carbons (Fsp3) is 0.133. The zero-order valence-corrected chi connectivity index (χ0v) is 20.5. The van der Waals surface area contributed by atoms with E-state index in [1.807, 2.05) is 0 Å². The number of fused-ring (bicyclic) bond motifs is 1. The van der Waals surface area contributed by atoms with E-state index in [4.69, 9.17) is 0 Å². The normalized spacial score (nSPS) is 11.0. The standard InChI is InChI=1S/C15H12FN2O5PS.2Na/c1-2-13(19)11-7-25-15(17-11)14(20)10-6-18(24(21,22)23)12-4-3-8(16)5-9(10)12;;/h3-7H,2H2,1H3,(H2,21,22,23);;/q;2*+1/p-2. The zero-order valence-electron chi connectivity index (χ0n) is 14.8. The number of hydrogen-bond donors (Lipinski definition) is 0. The second-order valence-corrected chi connectivity index (χ2v) is 7.39. The van der Waals surface area contributed by atoms with Crippen molar-refractivity contribution in [2.45, 2.75) is 13.3 Å². The van der Waals surface area contributed by atoms with Crippen molar-refractivity contribution < 1.29 is 87.4 Å². The predicted molar refractivity (Wildman–Crippen MR) is 85.1 cm³/mol. The van der Waals surface area contributed by atoms with Gasteiger partial charge in [0.15, 0.2) is 10.8 Å². The molecule has 2 heterocycles. The molecule has 130 valence electrons. The third-order valence-electron chi connectivity index (χ3n) is 3.56. The molecule has 0 aliphatic carbocycles. The molecule has 3 rings (SSSR count). The van der Waals surface area contributed by atoms with E-state index in [0.717, 1.165) is 35.7 Å². The van der Waals surface area contributed by atoms with Gasteiger partial charge in [0.05, 0.1) is 11.1 Å². The molecule has 12 heteroatoms. The molecule has 0 spiro atoms. The molecule has 0 N–H and O–H groups in total. The summed E-state index contributed by atoms with van der Waals surface area (Å²) in [4.78, 5) is 51.0. The van der Waals surface area contributed by atoms with E-state index in [1.54, 1.807) is 6.92 Å². The van der Waals surface area contributed by atoms with Crippen LogP contribution in [-0.2, 0) is 4.57 Å². The molecule has 1 aromatic carbocycles. The van der Waals surface area contributed by atoms with Gasteiger partial charge in [-0.25, -0.2) is 9.37 Å². The number of benzene rings is 1. The first-order valence-corrected chi connectivity index (χ1v) is 9.46. The van der Waals surface area contributed by atoms with Gasteiger partial charge in [-0.3, -0.25) is 9.59 Å². The Labute approximate surface area is 201 Å². The Morgan fingerprint density at radius 3 is 2.56 bits per heavy atom.